The van der Waals surface area contributed by atoms with E-state index >= 15 is 0 Å². The number of carbonyl (C=O) groups excluding carboxylic acids is 1. The number of fused-ring (bicyclic) bond motifs is 1. The van der Waals surface area contributed by atoms with E-state index in [-0.39, 0.29) is 11.6 Å². The molecule has 0 radical (unpaired) electrons. The van der Waals surface area contributed by atoms with Crippen molar-refractivity contribution in [2.75, 3.05) is 5.32 Å². The third-order valence-corrected chi connectivity index (χ3v) is 5.75. The highest BCUT2D eigenvalue weighted by Gasteiger charge is 2.13. The number of rotatable bonds is 8. The van der Waals surface area contributed by atoms with Gasteiger partial charge in [-0.2, -0.15) is 5.26 Å². The van der Waals surface area contributed by atoms with Crippen molar-refractivity contribution in [3.63, 3.8) is 0 Å². The third kappa shape index (κ3) is 5.73. The Morgan fingerprint density at radius 2 is 1.87 bits per heavy atom. The van der Waals surface area contributed by atoms with Gasteiger partial charge in [-0.15, -0.1) is 0 Å². The quantitative estimate of drug-likeness (QED) is 0.447. The molecule has 1 atom stereocenters. The fourth-order valence-electron chi connectivity index (χ4n) is 3.81. The van der Waals surface area contributed by atoms with Crippen LogP contribution in [0.25, 0.3) is 0 Å². The number of benzene rings is 2. The monoisotopic (exact) mass is 401 g/mol. The Morgan fingerprint density at radius 3 is 2.57 bits per heavy atom. The van der Waals surface area contributed by atoms with Crippen molar-refractivity contribution < 1.29 is 4.79 Å². The minimum atomic E-state index is -0.399. The van der Waals surface area contributed by atoms with Crippen LogP contribution in [0.4, 0.5) is 5.69 Å². The van der Waals surface area contributed by atoms with Crippen molar-refractivity contribution in [2.24, 2.45) is 0 Å². The Kier molecular flexibility index (Phi) is 7.68. The van der Waals surface area contributed by atoms with Crippen molar-refractivity contribution in [2.45, 2.75) is 64.8 Å². The molecule has 0 aromatic heterocycles. The van der Waals surface area contributed by atoms with E-state index in [1.165, 1.54) is 41.3 Å². The number of hydrogen-bond acceptors (Lipinski definition) is 3. The predicted octanol–water partition coefficient (Wildman–Crippen LogP) is 5.60. The average Bonchev–Trinajstić information content (AvgIpc) is 2.78. The summed E-state index contributed by atoms with van der Waals surface area (Å²) < 4.78 is 0. The number of unbranched alkanes of at least 4 members (excludes halogenated alkanes) is 1. The summed E-state index contributed by atoms with van der Waals surface area (Å²) in [5.74, 6) is -0.399. The lowest BCUT2D eigenvalue weighted by atomic mass is 9.89. The van der Waals surface area contributed by atoms with E-state index in [1.807, 2.05) is 37.3 Å². The van der Waals surface area contributed by atoms with Crippen molar-refractivity contribution >= 4 is 11.6 Å². The van der Waals surface area contributed by atoms with Crippen LogP contribution in [0.3, 0.4) is 0 Å². The van der Waals surface area contributed by atoms with Crippen LogP contribution in [0.5, 0.6) is 0 Å². The first-order chi connectivity index (χ1) is 14.6. The molecule has 156 valence electrons. The van der Waals surface area contributed by atoms with E-state index in [2.05, 4.69) is 35.8 Å². The largest absolute Gasteiger partial charge is 0.383 e. The molecule has 0 saturated heterocycles. The number of amides is 1. The van der Waals surface area contributed by atoms with Gasteiger partial charge in [0.2, 0.25) is 0 Å². The molecule has 0 heterocycles. The molecular formula is C26H31N3O. The van der Waals surface area contributed by atoms with Gasteiger partial charge in [0.1, 0.15) is 11.6 Å². The Bertz CT molecular complexity index is 938. The molecule has 1 amide bonds. The summed E-state index contributed by atoms with van der Waals surface area (Å²) in [4.78, 5) is 12.5. The Balaban J connectivity index is 1.60. The zero-order valence-electron chi connectivity index (χ0n) is 18.0. The summed E-state index contributed by atoms with van der Waals surface area (Å²) in [6.07, 6.45) is 9.69. The van der Waals surface area contributed by atoms with Gasteiger partial charge >= 0.3 is 0 Å². The molecule has 2 N–H and O–H groups in total. The SMILES string of the molecule is CCCCc1ccc(NC(=O)/C(C#N)=C\NC(C)c2ccc3c(c2)CCCC3)cc1. The molecule has 30 heavy (non-hydrogen) atoms. The minimum Gasteiger partial charge on any atom is -0.383 e. The summed E-state index contributed by atoms with van der Waals surface area (Å²) in [6, 6.07) is 16.5. The zero-order valence-corrected chi connectivity index (χ0v) is 18.0. The predicted molar refractivity (Wildman–Crippen MR) is 122 cm³/mol. The molecule has 2 aromatic carbocycles. The standard InChI is InChI=1S/C26H31N3O/c1-3-4-7-20-10-14-25(15-11-20)29-26(30)24(17-27)18-28-19(2)22-13-12-21-8-5-6-9-23(21)16-22/h10-16,18-19,28H,3-9H2,1-2H3,(H,29,30)/b24-18-. The van der Waals surface area contributed by atoms with E-state index in [0.717, 1.165) is 32.1 Å². The topological polar surface area (TPSA) is 64.9 Å². The molecule has 0 fully saturated rings. The summed E-state index contributed by atoms with van der Waals surface area (Å²) in [6.45, 7) is 4.22. The second kappa shape index (κ2) is 10.6. The van der Waals surface area contributed by atoms with Crippen LogP contribution >= 0.6 is 0 Å². The number of nitriles is 1. The molecule has 1 aliphatic carbocycles. The number of nitrogens with zero attached hydrogens (tertiary/aromatic N) is 1. The lowest BCUT2D eigenvalue weighted by Gasteiger charge is -2.19. The van der Waals surface area contributed by atoms with Crippen LogP contribution < -0.4 is 10.6 Å². The average molecular weight is 402 g/mol. The van der Waals surface area contributed by atoms with Gasteiger partial charge in [-0.1, -0.05) is 43.7 Å². The van der Waals surface area contributed by atoms with Gasteiger partial charge in [-0.05, 0) is 79.8 Å². The van der Waals surface area contributed by atoms with Gasteiger partial charge < -0.3 is 10.6 Å². The lowest BCUT2D eigenvalue weighted by molar-refractivity contribution is -0.112. The van der Waals surface area contributed by atoms with Crippen molar-refractivity contribution in [3.8, 4) is 6.07 Å². The summed E-state index contributed by atoms with van der Waals surface area (Å²) in [7, 11) is 0. The number of nitrogens with one attached hydrogen (secondary N) is 2. The Labute approximate surface area is 180 Å². The Morgan fingerprint density at radius 1 is 1.13 bits per heavy atom. The summed E-state index contributed by atoms with van der Waals surface area (Å²) in [5.41, 5.74) is 6.07. The molecule has 4 nitrogen and oxygen atoms in total. The molecule has 0 bridgehead atoms. The fourth-order valence-corrected chi connectivity index (χ4v) is 3.81. The second-order valence-electron chi connectivity index (χ2n) is 8.05. The molecule has 0 spiro atoms. The van der Waals surface area contributed by atoms with Gasteiger partial charge in [0.15, 0.2) is 0 Å². The first-order valence-electron chi connectivity index (χ1n) is 11.0. The second-order valence-corrected chi connectivity index (χ2v) is 8.05. The highest BCUT2D eigenvalue weighted by atomic mass is 16.1. The normalized spacial score (nSPS) is 14.4. The first-order valence-corrected chi connectivity index (χ1v) is 11.0. The van der Waals surface area contributed by atoms with Gasteiger partial charge in [0.05, 0.1) is 0 Å². The van der Waals surface area contributed by atoms with E-state index in [0.29, 0.717) is 5.69 Å². The van der Waals surface area contributed by atoms with Crippen LogP contribution in [-0.2, 0) is 24.1 Å². The number of aryl methyl sites for hydroxylation is 3. The number of anilines is 1. The van der Waals surface area contributed by atoms with Crippen LogP contribution in [0.1, 0.15) is 67.8 Å². The van der Waals surface area contributed by atoms with Crippen LogP contribution in [-0.4, -0.2) is 5.91 Å². The molecule has 2 aromatic rings. The molecular weight excluding hydrogens is 370 g/mol. The summed E-state index contributed by atoms with van der Waals surface area (Å²) >= 11 is 0. The highest BCUT2D eigenvalue weighted by molar-refractivity contribution is 6.06. The molecule has 4 heteroatoms. The summed E-state index contributed by atoms with van der Waals surface area (Å²) in [5, 5.41) is 15.5. The van der Waals surface area contributed by atoms with Crippen molar-refractivity contribution in [1.82, 2.24) is 5.32 Å². The van der Waals surface area contributed by atoms with Gasteiger partial charge in [-0.3, -0.25) is 4.79 Å². The maximum absolute atomic E-state index is 12.5. The molecule has 1 unspecified atom stereocenters. The van der Waals surface area contributed by atoms with Crippen LogP contribution in [0.15, 0.2) is 54.2 Å². The minimum absolute atomic E-state index is 0.0197. The highest BCUT2D eigenvalue weighted by Crippen LogP contribution is 2.25. The molecule has 1 aliphatic rings. The van der Waals surface area contributed by atoms with E-state index < -0.39 is 5.91 Å². The molecule has 0 saturated carbocycles. The van der Waals surface area contributed by atoms with E-state index in [9.17, 15) is 10.1 Å². The maximum Gasteiger partial charge on any atom is 0.267 e. The smallest absolute Gasteiger partial charge is 0.267 e. The van der Waals surface area contributed by atoms with Gasteiger partial charge in [-0.25, -0.2) is 0 Å². The third-order valence-electron chi connectivity index (χ3n) is 5.75. The van der Waals surface area contributed by atoms with E-state index in [1.54, 1.807) is 0 Å². The molecule has 3 rings (SSSR count). The lowest BCUT2D eigenvalue weighted by Crippen LogP contribution is -2.19. The maximum atomic E-state index is 12.5. The number of carbonyl (C=O) groups is 1. The Hall–Kier alpha value is -3.06. The number of hydrogen-bond donors (Lipinski definition) is 2. The zero-order chi connectivity index (χ0) is 21.3. The molecule has 0 aliphatic heterocycles. The van der Waals surface area contributed by atoms with Crippen molar-refractivity contribution in [1.29, 1.82) is 5.26 Å². The fraction of sp³-hybridized carbons (Fsp3) is 0.385. The van der Waals surface area contributed by atoms with Crippen LogP contribution in [0.2, 0.25) is 0 Å². The first kappa shape index (κ1) is 21.6. The van der Waals surface area contributed by atoms with Gasteiger partial charge in [0, 0.05) is 17.9 Å². The van der Waals surface area contributed by atoms with E-state index in [4.69, 9.17) is 0 Å². The van der Waals surface area contributed by atoms with Crippen molar-refractivity contribution in [3.05, 3.63) is 76.5 Å². The van der Waals surface area contributed by atoms with Crippen LogP contribution in [0, 0.1) is 11.3 Å². The van der Waals surface area contributed by atoms with Gasteiger partial charge in [0.25, 0.3) is 5.91 Å².